The second-order valence-corrected chi connectivity index (χ2v) is 4.82. The number of rotatable bonds is 8. The summed E-state index contributed by atoms with van der Waals surface area (Å²) in [6, 6.07) is 8.32. The van der Waals surface area contributed by atoms with Gasteiger partial charge in [0, 0.05) is 36.6 Å². The fraction of sp³-hybridized carbons (Fsp3) is 0.312. The predicted molar refractivity (Wildman–Crippen MR) is 84.5 cm³/mol. The van der Waals surface area contributed by atoms with E-state index in [-0.39, 0.29) is 5.91 Å². The fourth-order valence-electron chi connectivity index (χ4n) is 1.90. The first kappa shape index (κ1) is 15.8. The summed E-state index contributed by atoms with van der Waals surface area (Å²) in [7, 11) is 0. The molecule has 1 aromatic heterocycles. The molecule has 0 aliphatic heterocycles. The zero-order chi connectivity index (χ0) is 15.8. The van der Waals surface area contributed by atoms with Gasteiger partial charge in [-0.3, -0.25) is 4.79 Å². The smallest absolute Gasteiger partial charge is 0.316 e. The summed E-state index contributed by atoms with van der Waals surface area (Å²) in [5.41, 5.74) is 8.20. The summed E-state index contributed by atoms with van der Waals surface area (Å²) >= 11 is 0. The largest absolute Gasteiger partial charge is 0.464 e. The maximum Gasteiger partial charge on any atom is 0.316 e. The molecule has 2 aromatic rings. The fourth-order valence-corrected chi connectivity index (χ4v) is 1.90. The third kappa shape index (κ3) is 5.05. The normalized spacial score (nSPS) is 10.2. The van der Waals surface area contributed by atoms with Gasteiger partial charge >= 0.3 is 6.01 Å². The van der Waals surface area contributed by atoms with Crippen LogP contribution in [-0.2, 0) is 17.8 Å². The van der Waals surface area contributed by atoms with E-state index in [1.54, 1.807) is 12.4 Å². The minimum atomic E-state index is -0.280. The van der Waals surface area contributed by atoms with E-state index in [2.05, 4.69) is 15.3 Å². The zero-order valence-corrected chi connectivity index (χ0v) is 12.6. The van der Waals surface area contributed by atoms with Gasteiger partial charge in [-0.2, -0.15) is 0 Å². The highest BCUT2D eigenvalue weighted by molar-refractivity contribution is 5.74. The zero-order valence-electron chi connectivity index (χ0n) is 12.6. The molecule has 1 amide bonds. The minimum Gasteiger partial charge on any atom is -0.464 e. The van der Waals surface area contributed by atoms with Gasteiger partial charge in [0.15, 0.2) is 0 Å². The molecule has 0 spiro atoms. The van der Waals surface area contributed by atoms with E-state index in [1.807, 2.05) is 31.2 Å². The molecule has 0 unspecified atom stereocenters. The number of nitrogens with two attached hydrogens (primary N) is 1. The van der Waals surface area contributed by atoms with Gasteiger partial charge in [-0.05, 0) is 31.0 Å². The van der Waals surface area contributed by atoms with Gasteiger partial charge in [-0.25, -0.2) is 9.97 Å². The lowest BCUT2D eigenvalue weighted by Crippen LogP contribution is -2.11. The van der Waals surface area contributed by atoms with Gasteiger partial charge in [0.2, 0.25) is 5.91 Å². The summed E-state index contributed by atoms with van der Waals surface area (Å²) in [4.78, 5) is 19.0. The van der Waals surface area contributed by atoms with Crippen LogP contribution in [0, 0.1) is 0 Å². The molecule has 0 aliphatic rings. The van der Waals surface area contributed by atoms with Crippen molar-refractivity contribution in [2.24, 2.45) is 5.73 Å². The van der Waals surface area contributed by atoms with Crippen LogP contribution in [0.3, 0.4) is 0 Å². The highest BCUT2D eigenvalue weighted by atomic mass is 16.5. The Kier molecular flexibility index (Phi) is 5.71. The number of nitrogens with one attached hydrogen (secondary N) is 1. The van der Waals surface area contributed by atoms with Gasteiger partial charge in [0.25, 0.3) is 0 Å². The Morgan fingerprint density at radius 3 is 2.45 bits per heavy atom. The molecule has 0 saturated heterocycles. The summed E-state index contributed by atoms with van der Waals surface area (Å²) in [5.74, 6) is -0.280. The van der Waals surface area contributed by atoms with Crippen molar-refractivity contribution in [3.8, 4) is 6.01 Å². The molecule has 0 saturated carbocycles. The number of aromatic nitrogens is 2. The summed E-state index contributed by atoms with van der Waals surface area (Å²) in [6.07, 6.45) is 4.52. The Balaban J connectivity index is 1.84. The lowest BCUT2D eigenvalue weighted by molar-refractivity contribution is -0.117. The number of primary amides is 1. The van der Waals surface area contributed by atoms with Gasteiger partial charge in [0.05, 0.1) is 6.61 Å². The average Bonchev–Trinajstić information content (AvgIpc) is 2.53. The molecule has 3 N–H and O–H groups in total. The molecule has 1 aromatic carbocycles. The van der Waals surface area contributed by atoms with Gasteiger partial charge in [-0.1, -0.05) is 12.1 Å². The number of hydrogen-bond donors (Lipinski definition) is 2. The number of hydrogen-bond acceptors (Lipinski definition) is 5. The molecular formula is C16H20N4O2. The lowest BCUT2D eigenvalue weighted by Gasteiger charge is -2.08. The molecule has 0 fully saturated rings. The summed E-state index contributed by atoms with van der Waals surface area (Å²) in [5, 5.41) is 3.29. The Morgan fingerprint density at radius 1 is 1.18 bits per heavy atom. The standard InChI is InChI=1S/C16H20N4O2/c1-2-22-16-19-10-13(11-20-16)9-18-14-6-3-12(4-7-14)5-8-15(17)21/h3-4,6-7,10-11,18H,2,5,8-9H2,1H3,(H2,17,21). The third-order valence-electron chi connectivity index (χ3n) is 3.07. The summed E-state index contributed by atoms with van der Waals surface area (Å²) < 4.78 is 5.20. The molecule has 1 heterocycles. The van der Waals surface area contributed by atoms with E-state index in [4.69, 9.17) is 10.5 Å². The Bertz CT molecular complexity index is 597. The molecule has 6 heteroatoms. The van der Waals surface area contributed by atoms with E-state index < -0.39 is 0 Å². The molecule has 6 nitrogen and oxygen atoms in total. The number of nitrogens with zero attached hydrogens (tertiary/aromatic N) is 2. The first-order valence-corrected chi connectivity index (χ1v) is 7.22. The van der Waals surface area contributed by atoms with Crippen molar-refractivity contribution >= 4 is 11.6 Å². The third-order valence-corrected chi connectivity index (χ3v) is 3.07. The predicted octanol–water partition coefficient (Wildman–Crippen LogP) is 1.91. The van der Waals surface area contributed by atoms with Gasteiger partial charge in [0.1, 0.15) is 0 Å². The topological polar surface area (TPSA) is 90.1 Å². The van der Waals surface area contributed by atoms with E-state index in [9.17, 15) is 4.79 Å². The van der Waals surface area contributed by atoms with Crippen LogP contribution >= 0.6 is 0 Å². The Morgan fingerprint density at radius 2 is 1.86 bits per heavy atom. The van der Waals surface area contributed by atoms with Gasteiger partial charge in [-0.15, -0.1) is 0 Å². The number of ether oxygens (including phenoxy) is 1. The molecule has 116 valence electrons. The van der Waals surface area contributed by atoms with Crippen molar-refractivity contribution in [3.63, 3.8) is 0 Å². The van der Waals surface area contributed by atoms with Crippen molar-refractivity contribution in [2.75, 3.05) is 11.9 Å². The Labute approximate surface area is 129 Å². The molecule has 2 rings (SSSR count). The molecule has 0 atom stereocenters. The number of amides is 1. The highest BCUT2D eigenvalue weighted by Crippen LogP contribution is 2.12. The van der Waals surface area contributed by atoms with E-state index in [0.29, 0.717) is 32.0 Å². The second kappa shape index (κ2) is 7.97. The van der Waals surface area contributed by atoms with Crippen LogP contribution < -0.4 is 15.8 Å². The highest BCUT2D eigenvalue weighted by Gasteiger charge is 2.00. The second-order valence-electron chi connectivity index (χ2n) is 4.82. The van der Waals surface area contributed by atoms with Crippen LogP contribution in [0.1, 0.15) is 24.5 Å². The lowest BCUT2D eigenvalue weighted by atomic mass is 10.1. The SMILES string of the molecule is CCOc1ncc(CNc2ccc(CCC(N)=O)cc2)cn1. The number of anilines is 1. The van der Waals surface area contributed by atoms with Crippen molar-refractivity contribution in [1.82, 2.24) is 9.97 Å². The number of aryl methyl sites for hydroxylation is 1. The first-order valence-electron chi connectivity index (χ1n) is 7.22. The van der Waals surface area contributed by atoms with Crippen LogP contribution in [0.15, 0.2) is 36.7 Å². The minimum absolute atomic E-state index is 0.280. The number of benzene rings is 1. The van der Waals surface area contributed by atoms with E-state index in [1.165, 1.54) is 0 Å². The molecule has 22 heavy (non-hydrogen) atoms. The molecule has 0 bridgehead atoms. The van der Waals surface area contributed by atoms with Crippen LogP contribution in [0.2, 0.25) is 0 Å². The first-order chi connectivity index (χ1) is 10.7. The van der Waals surface area contributed by atoms with Crippen molar-refractivity contribution in [2.45, 2.75) is 26.3 Å². The van der Waals surface area contributed by atoms with Crippen LogP contribution in [0.5, 0.6) is 6.01 Å². The molecule has 0 radical (unpaired) electrons. The number of carbonyl (C=O) groups excluding carboxylic acids is 1. The van der Waals surface area contributed by atoms with E-state index >= 15 is 0 Å². The van der Waals surface area contributed by atoms with Crippen LogP contribution in [0.4, 0.5) is 5.69 Å². The molecule has 0 aliphatic carbocycles. The Hall–Kier alpha value is -2.63. The maximum absolute atomic E-state index is 10.8. The van der Waals surface area contributed by atoms with Crippen molar-refractivity contribution in [1.29, 1.82) is 0 Å². The van der Waals surface area contributed by atoms with Crippen LogP contribution in [-0.4, -0.2) is 22.5 Å². The van der Waals surface area contributed by atoms with Crippen molar-refractivity contribution < 1.29 is 9.53 Å². The average molecular weight is 300 g/mol. The number of carbonyl (C=O) groups is 1. The quantitative estimate of drug-likeness (QED) is 0.777. The monoisotopic (exact) mass is 300 g/mol. The van der Waals surface area contributed by atoms with Crippen molar-refractivity contribution in [3.05, 3.63) is 47.8 Å². The molecular weight excluding hydrogens is 280 g/mol. The van der Waals surface area contributed by atoms with Gasteiger partial charge < -0.3 is 15.8 Å². The van der Waals surface area contributed by atoms with E-state index in [0.717, 1.165) is 16.8 Å². The maximum atomic E-state index is 10.8. The van der Waals surface area contributed by atoms with Crippen LogP contribution in [0.25, 0.3) is 0 Å². The summed E-state index contributed by atoms with van der Waals surface area (Å²) in [6.45, 7) is 3.08.